The third-order valence-corrected chi connectivity index (χ3v) is 5.75. The first-order chi connectivity index (χ1) is 15.1. The molecule has 0 bridgehead atoms. The van der Waals surface area contributed by atoms with Crippen molar-refractivity contribution in [2.45, 2.75) is 45.3 Å². The maximum Gasteiger partial charge on any atom is 0.451 e. The van der Waals surface area contributed by atoms with Crippen LogP contribution in [0.2, 0.25) is 0 Å². The Morgan fingerprint density at radius 2 is 1.97 bits per heavy atom. The number of nitrogens with zero attached hydrogens (tertiary/aromatic N) is 5. The Morgan fingerprint density at radius 3 is 2.47 bits per heavy atom. The highest BCUT2D eigenvalue weighted by atomic mass is 79.9. The molecule has 0 fully saturated rings. The lowest BCUT2D eigenvalue weighted by Gasteiger charge is -2.13. The summed E-state index contributed by atoms with van der Waals surface area (Å²) < 4.78 is 41.1. The SMILES string of the molecule is CCC(c1cnn(C(C)C)c1)c1[nH]c(C(N)=NC=N)c(-c2cnc(C(F)(F)F)nc2)c1Br. The Kier molecular flexibility index (Phi) is 6.82. The summed E-state index contributed by atoms with van der Waals surface area (Å²) in [5.41, 5.74) is 8.91. The zero-order chi connectivity index (χ0) is 23.6. The van der Waals surface area contributed by atoms with Crippen LogP contribution in [0, 0.1) is 5.41 Å². The molecule has 3 aromatic rings. The largest absolute Gasteiger partial charge is 0.451 e. The summed E-state index contributed by atoms with van der Waals surface area (Å²) in [5.74, 6) is -1.33. The van der Waals surface area contributed by atoms with Crippen molar-refractivity contribution in [3.63, 3.8) is 0 Å². The fourth-order valence-electron chi connectivity index (χ4n) is 3.36. The number of rotatable bonds is 7. The molecule has 8 nitrogen and oxygen atoms in total. The zero-order valence-corrected chi connectivity index (χ0v) is 19.2. The average molecular weight is 511 g/mol. The molecule has 1 unspecified atom stereocenters. The van der Waals surface area contributed by atoms with Crippen LogP contribution in [0.5, 0.6) is 0 Å². The number of nitrogens with two attached hydrogens (primary N) is 1. The Morgan fingerprint density at radius 1 is 1.31 bits per heavy atom. The van der Waals surface area contributed by atoms with Gasteiger partial charge >= 0.3 is 6.18 Å². The molecule has 0 aliphatic heterocycles. The van der Waals surface area contributed by atoms with Crippen LogP contribution in [0.15, 0.2) is 34.3 Å². The minimum atomic E-state index is -4.65. The molecule has 12 heteroatoms. The van der Waals surface area contributed by atoms with Crippen molar-refractivity contribution in [1.82, 2.24) is 24.7 Å². The Hall–Kier alpha value is -3.02. The van der Waals surface area contributed by atoms with Gasteiger partial charge in [-0.1, -0.05) is 6.92 Å². The van der Waals surface area contributed by atoms with Crippen molar-refractivity contribution >= 4 is 28.1 Å². The van der Waals surface area contributed by atoms with Gasteiger partial charge in [0.15, 0.2) is 0 Å². The molecule has 1 atom stereocenters. The van der Waals surface area contributed by atoms with Gasteiger partial charge in [0.1, 0.15) is 12.2 Å². The van der Waals surface area contributed by atoms with Gasteiger partial charge in [-0.05, 0) is 41.8 Å². The molecule has 0 aliphatic carbocycles. The molecule has 32 heavy (non-hydrogen) atoms. The van der Waals surface area contributed by atoms with Gasteiger partial charge in [-0.25, -0.2) is 15.0 Å². The van der Waals surface area contributed by atoms with E-state index in [0.29, 0.717) is 27.7 Å². The molecular formula is C20H22BrF3N8. The number of aromatic nitrogens is 5. The lowest BCUT2D eigenvalue weighted by Crippen LogP contribution is -2.16. The van der Waals surface area contributed by atoms with Crippen LogP contribution < -0.4 is 5.73 Å². The van der Waals surface area contributed by atoms with E-state index >= 15 is 0 Å². The average Bonchev–Trinajstić information content (AvgIpc) is 3.34. The molecular weight excluding hydrogens is 489 g/mol. The summed E-state index contributed by atoms with van der Waals surface area (Å²) in [6.45, 7) is 6.07. The molecule has 4 N–H and O–H groups in total. The number of nitrogens with one attached hydrogen (secondary N) is 2. The summed E-state index contributed by atoms with van der Waals surface area (Å²) >= 11 is 3.59. The molecule has 3 aromatic heterocycles. The molecule has 0 spiro atoms. The number of aliphatic imine (C=N–C) groups is 1. The predicted octanol–water partition coefficient (Wildman–Crippen LogP) is 4.88. The fraction of sp³-hybridized carbons (Fsp3) is 0.350. The minimum Gasteiger partial charge on any atom is -0.382 e. The van der Waals surface area contributed by atoms with E-state index in [2.05, 4.69) is 41.0 Å². The first kappa shape index (κ1) is 23.6. The van der Waals surface area contributed by atoms with Crippen molar-refractivity contribution in [2.75, 3.05) is 0 Å². The second-order valence-corrected chi connectivity index (χ2v) is 8.14. The van der Waals surface area contributed by atoms with Gasteiger partial charge < -0.3 is 10.7 Å². The van der Waals surface area contributed by atoms with Gasteiger partial charge in [-0.3, -0.25) is 10.1 Å². The van der Waals surface area contributed by atoms with E-state index in [9.17, 15) is 13.2 Å². The number of hydrogen-bond acceptors (Lipinski definition) is 4. The van der Waals surface area contributed by atoms with E-state index in [1.165, 1.54) is 0 Å². The summed E-state index contributed by atoms with van der Waals surface area (Å²) in [7, 11) is 0. The third-order valence-electron chi connectivity index (χ3n) is 4.93. The van der Waals surface area contributed by atoms with E-state index in [-0.39, 0.29) is 17.8 Å². The van der Waals surface area contributed by atoms with Crippen LogP contribution in [0.3, 0.4) is 0 Å². The first-order valence-electron chi connectivity index (χ1n) is 9.76. The topological polar surface area (TPSA) is 122 Å². The summed E-state index contributed by atoms with van der Waals surface area (Å²) in [5, 5.41) is 11.6. The van der Waals surface area contributed by atoms with Crippen molar-refractivity contribution in [3.8, 4) is 11.1 Å². The van der Waals surface area contributed by atoms with Gasteiger partial charge in [0.25, 0.3) is 0 Å². The second-order valence-electron chi connectivity index (χ2n) is 7.35. The number of aromatic amines is 1. The third kappa shape index (κ3) is 4.59. The van der Waals surface area contributed by atoms with E-state index < -0.39 is 12.0 Å². The number of halogens is 4. The number of alkyl halides is 3. The minimum absolute atomic E-state index is 0.00887. The molecule has 0 aliphatic rings. The summed E-state index contributed by atoms with van der Waals surface area (Å²) in [6, 6.07) is 0.194. The fourth-order valence-corrected chi connectivity index (χ4v) is 4.16. The van der Waals surface area contributed by atoms with Crippen LogP contribution in [0.25, 0.3) is 11.1 Å². The standard InChI is InChI=1S/C20H22BrF3N8/c1-4-13(12-7-30-32(8-12)10(2)3)16-15(21)14(17(31-16)18(26)29-9-25)11-5-27-19(28-6-11)20(22,23)24/h5-10,13,31H,4H2,1-3H3,(H3,25,26,29). The molecule has 0 saturated heterocycles. The van der Waals surface area contributed by atoms with Gasteiger partial charge in [0.05, 0.1) is 11.9 Å². The Labute approximate surface area is 190 Å². The van der Waals surface area contributed by atoms with Gasteiger partial charge in [-0.2, -0.15) is 18.3 Å². The van der Waals surface area contributed by atoms with E-state index in [0.717, 1.165) is 30.0 Å². The lowest BCUT2D eigenvalue weighted by molar-refractivity contribution is -0.144. The Balaban J connectivity index is 2.16. The van der Waals surface area contributed by atoms with Crippen LogP contribution in [0.4, 0.5) is 13.2 Å². The van der Waals surface area contributed by atoms with Gasteiger partial charge in [0, 0.05) is 51.8 Å². The number of amidine groups is 1. The lowest BCUT2D eigenvalue weighted by atomic mass is 9.95. The zero-order valence-electron chi connectivity index (χ0n) is 17.6. The maximum atomic E-state index is 12.9. The van der Waals surface area contributed by atoms with Crippen molar-refractivity contribution in [3.05, 3.63) is 52.0 Å². The molecule has 3 heterocycles. The number of hydrogen-bond donors (Lipinski definition) is 3. The van der Waals surface area contributed by atoms with Crippen LogP contribution >= 0.6 is 15.9 Å². The first-order valence-corrected chi connectivity index (χ1v) is 10.5. The quantitative estimate of drug-likeness (QED) is 0.309. The van der Waals surface area contributed by atoms with E-state index in [1.54, 1.807) is 6.20 Å². The highest BCUT2D eigenvalue weighted by Crippen LogP contribution is 2.41. The summed E-state index contributed by atoms with van der Waals surface area (Å²) in [4.78, 5) is 14.0. The van der Waals surface area contributed by atoms with Crippen molar-refractivity contribution < 1.29 is 13.2 Å². The number of H-pyrrole nitrogens is 1. The van der Waals surface area contributed by atoms with Crippen LogP contribution in [0.1, 0.15) is 61.9 Å². The molecule has 0 aromatic carbocycles. The maximum absolute atomic E-state index is 12.9. The van der Waals surface area contributed by atoms with Gasteiger partial charge in [-0.15, -0.1) is 0 Å². The van der Waals surface area contributed by atoms with E-state index in [1.807, 2.05) is 31.6 Å². The highest BCUT2D eigenvalue weighted by molar-refractivity contribution is 9.10. The normalized spacial score (nSPS) is 13.6. The Bertz CT molecular complexity index is 1130. The predicted molar refractivity (Wildman–Crippen MR) is 119 cm³/mol. The highest BCUT2D eigenvalue weighted by Gasteiger charge is 2.34. The second kappa shape index (κ2) is 9.23. The van der Waals surface area contributed by atoms with Crippen molar-refractivity contribution in [2.24, 2.45) is 10.7 Å². The van der Waals surface area contributed by atoms with E-state index in [4.69, 9.17) is 11.1 Å². The van der Waals surface area contributed by atoms with Crippen molar-refractivity contribution in [1.29, 1.82) is 5.41 Å². The summed E-state index contributed by atoms with van der Waals surface area (Å²) in [6.07, 6.45) is 2.79. The monoisotopic (exact) mass is 510 g/mol. The molecule has 0 saturated carbocycles. The van der Waals surface area contributed by atoms with Crippen LogP contribution in [-0.2, 0) is 6.18 Å². The molecule has 170 valence electrons. The van der Waals surface area contributed by atoms with Crippen LogP contribution in [-0.4, -0.2) is 36.9 Å². The smallest absolute Gasteiger partial charge is 0.382 e. The molecule has 0 amide bonds. The molecule has 0 radical (unpaired) electrons. The molecule has 3 rings (SSSR count). The van der Waals surface area contributed by atoms with Gasteiger partial charge in [0.2, 0.25) is 5.82 Å².